The number of imidazole rings is 1. The molecular weight excluding hydrogens is 262 g/mol. The molecule has 0 aliphatic carbocycles. The molecule has 0 radical (unpaired) electrons. The highest BCUT2D eigenvalue weighted by Gasteiger charge is 2.14. The Balaban J connectivity index is 1.79. The largest absolute Gasteiger partial charge is 0.332 e. The van der Waals surface area contributed by atoms with Crippen molar-refractivity contribution in [1.29, 1.82) is 0 Å². The maximum atomic E-state index is 12.3. The third-order valence-electron chi connectivity index (χ3n) is 4.22. The van der Waals surface area contributed by atoms with Crippen molar-refractivity contribution in [2.75, 3.05) is 6.54 Å². The van der Waals surface area contributed by atoms with E-state index < -0.39 is 0 Å². The van der Waals surface area contributed by atoms with E-state index in [2.05, 4.69) is 17.4 Å². The van der Waals surface area contributed by atoms with Crippen LogP contribution in [0, 0.1) is 0 Å². The van der Waals surface area contributed by atoms with Crippen LogP contribution in [0.5, 0.6) is 0 Å². The van der Waals surface area contributed by atoms with Gasteiger partial charge in [0.05, 0.1) is 5.69 Å². The average molecular weight is 285 g/mol. The van der Waals surface area contributed by atoms with Crippen molar-refractivity contribution in [2.45, 2.75) is 45.2 Å². The molecule has 1 unspecified atom stereocenters. The van der Waals surface area contributed by atoms with E-state index in [1.807, 2.05) is 38.4 Å². The van der Waals surface area contributed by atoms with Crippen LogP contribution in [0.15, 0.2) is 41.5 Å². The molecule has 2 aromatic rings. The Morgan fingerprint density at radius 2 is 2.00 bits per heavy atom. The van der Waals surface area contributed by atoms with Gasteiger partial charge < -0.3 is 5.32 Å². The van der Waals surface area contributed by atoms with E-state index in [4.69, 9.17) is 0 Å². The summed E-state index contributed by atoms with van der Waals surface area (Å²) in [5.41, 5.74) is 2.28. The molecular formula is C17H23N3O. The van der Waals surface area contributed by atoms with E-state index >= 15 is 0 Å². The number of hydrogen-bond donors (Lipinski definition) is 1. The smallest absolute Gasteiger partial charge is 0.314 e. The first-order valence-electron chi connectivity index (χ1n) is 7.77. The van der Waals surface area contributed by atoms with Crippen LogP contribution in [0.4, 0.5) is 0 Å². The van der Waals surface area contributed by atoms with Crippen molar-refractivity contribution in [2.24, 2.45) is 0 Å². The molecule has 0 bridgehead atoms. The lowest BCUT2D eigenvalue weighted by molar-refractivity contribution is 0.574. The minimum Gasteiger partial charge on any atom is -0.314 e. The summed E-state index contributed by atoms with van der Waals surface area (Å²) in [4.78, 5) is 12.3. The molecule has 1 N–H and O–H groups in total. The van der Waals surface area contributed by atoms with Gasteiger partial charge in [0.15, 0.2) is 0 Å². The maximum Gasteiger partial charge on any atom is 0.332 e. The first-order valence-corrected chi connectivity index (χ1v) is 7.77. The van der Waals surface area contributed by atoms with Gasteiger partial charge in [-0.3, -0.25) is 9.13 Å². The second-order valence-corrected chi connectivity index (χ2v) is 6.12. The molecule has 21 heavy (non-hydrogen) atoms. The Morgan fingerprint density at radius 1 is 1.24 bits per heavy atom. The van der Waals surface area contributed by atoms with Crippen molar-refractivity contribution in [3.8, 4) is 5.69 Å². The second kappa shape index (κ2) is 5.90. The molecule has 2 heterocycles. The second-order valence-electron chi connectivity index (χ2n) is 6.12. The Bertz CT molecular complexity index is 645. The predicted molar refractivity (Wildman–Crippen MR) is 85.1 cm³/mol. The van der Waals surface area contributed by atoms with Crippen LogP contribution >= 0.6 is 0 Å². The molecule has 3 rings (SSSR count). The fraction of sp³-hybridized carbons (Fsp3) is 0.471. The molecule has 112 valence electrons. The number of rotatable bonds is 4. The van der Waals surface area contributed by atoms with Gasteiger partial charge in [0.2, 0.25) is 0 Å². The molecule has 0 amide bonds. The van der Waals surface area contributed by atoms with Crippen LogP contribution < -0.4 is 11.0 Å². The van der Waals surface area contributed by atoms with Gasteiger partial charge in [-0.15, -0.1) is 0 Å². The Labute approximate surface area is 125 Å². The average Bonchev–Trinajstić information content (AvgIpc) is 3.09. The molecule has 1 aromatic carbocycles. The minimum atomic E-state index is 0.0233. The lowest BCUT2D eigenvalue weighted by Crippen LogP contribution is -2.24. The summed E-state index contributed by atoms with van der Waals surface area (Å²) in [7, 11) is 0. The van der Waals surface area contributed by atoms with Crippen molar-refractivity contribution in [1.82, 2.24) is 14.5 Å². The van der Waals surface area contributed by atoms with Crippen molar-refractivity contribution in [3.05, 3.63) is 52.7 Å². The lowest BCUT2D eigenvalue weighted by atomic mass is 10.0. The zero-order valence-electron chi connectivity index (χ0n) is 12.7. The van der Waals surface area contributed by atoms with E-state index in [0.29, 0.717) is 6.04 Å². The van der Waals surface area contributed by atoms with E-state index in [9.17, 15) is 4.79 Å². The van der Waals surface area contributed by atoms with Gasteiger partial charge in [-0.2, -0.15) is 0 Å². The lowest BCUT2D eigenvalue weighted by Gasteiger charge is -2.10. The minimum absolute atomic E-state index is 0.0233. The SMILES string of the molecule is CC(C)n1ccn(-c2ccc(CC3CCCN3)cc2)c1=O. The Morgan fingerprint density at radius 3 is 2.57 bits per heavy atom. The summed E-state index contributed by atoms with van der Waals surface area (Å²) < 4.78 is 3.45. The van der Waals surface area contributed by atoms with Crippen molar-refractivity contribution < 1.29 is 0 Å². The third-order valence-corrected chi connectivity index (χ3v) is 4.22. The van der Waals surface area contributed by atoms with Gasteiger partial charge in [-0.05, 0) is 57.4 Å². The van der Waals surface area contributed by atoms with Crippen molar-refractivity contribution in [3.63, 3.8) is 0 Å². The van der Waals surface area contributed by atoms with Gasteiger partial charge in [0.1, 0.15) is 0 Å². The van der Waals surface area contributed by atoms with Crippen molar-refractivity contribution >= 4 is 0 Å². The van der Waals surface area contributed by atoms with E-state index in [-0.39, 0.29) is 11.7 Å². The summed E-state index contributed by atoms with van der Waals surface area (Å²) in [5.74, 6) is 0. The summed E-state index contributed by atoms with van der Waals surface area (Å²) in [6.07, 6.45) is 7.31. The molecule has 0 spiro atoms. The van der Waals surface area contributed by atoms with Crippen LogP contribution in [0.1, 0.15) is 38.3 Å². The molecule has 1 atom stereocenters. The fourth-order valence-electron chi connectivity index (χ4n) is 2.99. The normalized spacial score (nSPS) is 18.5. The first kappa shape index (κ1) is 14.1. The predicted octanol–water partition coefficient (Wildman–Crippen LogP) is 2.51. The van der Waals surface area contributed by atoms with Crippen LogP contribution in [0.25, 0.3) is 5.69 Å². The number of nitrogens with one attached hydrogen (secondary N) is 1. The highest BCUT2D eigenvalue weighted by atomic mass is 16.1. The standard InChI is InChI=1S/C17H23N3O/c1-13(2)19-10-11-20(17(19)21)16-7-5-14(6-8-16)12-15-4-3-9-18-15/h5-8,10-11,13,15,18H,3-4,9,12H2,1-2H3. The van der Waals surface area contributed by atoms with Crippen LogP contribution in [0.3, 0.4) is 0 Å². The monoisotopic (exact) mass is 285 g/mol. The van der Waals surface area contributed by atoms with Gasteiger partial charge in [-0.1, -0.05) is 12.1 Å². The van der Waals surface area contributed by atoms with Crippen LogP contribution in [-0.2, 0) is 6.42 Å². The molecule has 4 heteroatoms. The summed E-state index contributed by atoms with van der Waals surface area (Å²) >= 11 is 0. The van der Waals surface area contributed by atoms with E-state index in [0.717, 1.165) is 18.7 Å². The van der Waals surface area contributed by atoms with Crippen LogP contribution in [0.2, 0.25) is 0 Å². The number of nitrogens with zero attached hydrogens (tertiary/aromatic N) is 2. The van der Waals surface area contributed by atoms with E-state index in [1.54, 1.807) is 9.13 Å². The van der Waals surface area contributed by atoms with Gasteiger partial charge in [0.25, 0.3) is 0 Å². The number of aromatic nitrogens is 2. The van der Waals surface area contributed by atoms with Gasteiger partial charge in [0, 0.05) is 24.5 Å². The maximum absolute atomic E-state index is 12.3. The molecule has 1 fully saturated rings. The number of hydrogen-bond acceptors (Lipinski definition) is 2. The summed E-state index contributed by atoms with van der Waals surface area (Å²) in [5, 5.41) is 3.52. The third kappa shape index (κ3) is 2.95. The zero-order chi connectivity index (χ0) is 14.8. The van der Waals surface area contributed by atoms with Gasteiger partial charge >= 0.3 is 5.69 Å². The topological polar surface area (TPSA) is 39.0 Å². The molecule has 1 aliphatic heterocycles. The Hall–Kier alpha value is -1.81. The van der Waals surface area contributed by atoms with Gasteiger partial charge in [-0.25, -0.2) is 4.79 Å². The highest BCUT2D eigenvalue weighted by Crippen LogP contribution is 2.14. The fourth-order valence-corrected chi connectivity index (χ4v) is 2.99. The van der Waals surface area contributed by atoms with E-state index in [1.165, 1.54) is 18.4 Å². The quantitative estimate of drug-likeness (QED) is 0.937. The Kier molecular flexibility index (Phi) is 3.97. The highest BCUT2D eigenvalue weighted by molar-refractivity contribution is 5.35. The summed E-state index contributed by atoms with van der Waals surface area (Å²) in [6, 6.07) is 9.14. The molecule has 4 nitrogen and oxygen atoms in total. The summed E-state index contributed by atoms with van der Waals surface area (Å²) in [6.45, 7) is 5.17. The molecule has 1 aromatic heterocycles. The first-order chi connectivity index (χ1) is 10.1. The number of benzene rings is 1. The van der Waals surface area contributed by atoms with Crippen LogP contribution in [-0.4, -0.2) is 21.7 Å². The molecule has 1 saturated heterocycles. The molecule has 0 saturated carbocycles. The molecule has 1 aliphatic rings. The zero-order valence-corrected chi connectivity index (χ0v) is 12.7.